The van der Waals surface area contributed by atoms with Gasteiger partial charge >= 0.3 is 0 Å². The molecule has 1 aliphatic rings. The fourth-order valence-electron chi connectivity index (χ4n) is 1.77. The molecule has 1 aromatic rings. The molecule has 0 aliphatic carbocycles. The zero-order chi connectivity index (χ0) is 11.2. The predicted octanol–water partition coefficient (Wildman–Crippen LogP) is 2.47. The summed E-state index contributed by atoms with van der Waals surface area (Å²) in [5.74, 6) is 4.11. The van der Waals surface area contributed by atoms with Gasteiger partial charge in [0.15, 0.2) is 0 Å². The summed E-state index contributed by atoms with van der Waals surface area (Å²) in [5.41, 5.74) is 0.887. The minimum Gasteiger partial charge on any atom is -0.493 e. The highest BCUT2D eigenvalue weighted by atomic mass is 16.5. The number of hydrogen-bond donors (Lipinski definition) is 0. The molecule has 0 aromatic heterocycles. The summed E-state index contributed by atoms with van der Waals surface area (Å²) in [6, 6.07) is 7.65. The zero-order valence-corrected chi connectivity index (χ0v) is 9.32. The van der Waals surface area contributed by atoms with Gasteiger partial charge in [-0.3, -0.25) is 0 Å². The summed E-state index contributed by atoms with van der Waals surface area (Å²) in [6.45, 7) is 2.51. The molecule has 1 heterocycles. The van der Waals surface area contributed by atoms with Gasteiger partial charge in [0.1, 0.15) is 5.75 Å². The lowest BCUT2D eigenvalue weighted by Gasteiger charge is -2.22. The molecule has 16 heavy (non-hydrogen) atoms. The van der Waals surface area contributed by atoms with Crippen LogP contribution in [0.4, 0.5) is 0 Å². The zero-order valence-electron chi connectivity index (χ0n) is 9.32. The Labute approximate surface area is 96.6 Å². The van der Waals surface area contributed by atoms with Crippen molar-refractivity contribution in [1.82, 2.24) is 0 Å². The third kappa shape index (κ3) is 3.01. The molecule has 0 spiro atoms. The first-order valence-electron chi connectivity index (χ1n) is 5.65. The van der Waals surface area contributed by atoms with Crippen LogP contribution in [0, 0.1) is 18.3 Å². The molecule has 0 N–H and O–H groups in total. The molecular formula is C14H16O2. The first-order chi connectivity index (χ1) is 7.88. The van der Waals surface area contributed by atoms with Gasteiger partial charge in [-0.05, 0) is 43.0 Å². The highest BCUT2D eigenvalue weighted by Gasteiger charge is 2.14. The van der Waals surface area contributed by atoms with Crippen LogP contribution in [-0.4, -0.2) is 19.8 Å². The van der Waals surface area contributed by atoms with E-state index in [4.69, 9.17) is 15.9 Å². The second kappa shape index (κ2) is 5.58. The van der Waals surface area contributed by atoms with E-state index in [2.05, 4.69) is 5.92 Å². The Balaban J connectivity index is 1.82. The maximum atomic E-state index is 5.72. The summed E-state index contributed by atoms with van der Waals surface area (Å²) in [7, 11) is 0. The van der Waals surface area contributed by atoms with Crippen molar-refractivity contribution in [2.45, 2.75) is 12.8 Å². The number of rotatable bonds is 3. The molecule has 0 amide bonds. The quantitative estimate of drug-likeness (QED) is 0.723. The smallest absolute Gasteiger partial charge is 0.119 e. The van der Waals surface area contributed by atoms with Crippen molar-refractivity contribution in [1.29, 1.82) is 0 Å². The van der Waals surface area contributed by atoms with Crippen molar-refractivity contribution >= 4 is 0 Å². The Morgan fingerprint density at radius 2 is 1.94 bits per heavy atom. The lowest BCUT2D eigenvalue weighted by Crippen LogP contribution is -2.21. The topological polar surface area (TPSA) is 18.5 Å². The van der Waals surface area contributed by atoms with Crippen LogP contribution < -0.4 is 4.74 Å². The van der Waals surface area contributed by atoms with Crippen molar-refractivity contribution in [3.8, 4) is 18.1 Å². The minimum absolute atomic E-state index is 0.626. The molecule has 0 bridgehead atoms. The van der Waals surface area contributed by atoms with E-state index in [1.165, 1.54) is 0 Å². The summed E-state index contributed by atoms with van der Waals surface area (Å²) in [4.78, 5) is 0. The second-order valence-electron chi connectivity index (χ2n) is 4.04. The Morgan fingerprint density at radius 3 is 2.56 bits per heavy atom. The first kappa shape index (κ1) is 11.0. The highest BCUT2D eigenvalue weighted by Crippen LogP contribution is 2.18. The van der Waals surface area contributed by atoms with Gasteiger partial charge < -0.3 is 9.47 Å². The Morgan fingerprint density at radius 1 is 1.25 bits per heavy atom. The van der Waals surface area contributed by atoms with Crippen molar-refractivity contribution in [2.24, 2.45) is 5.92 Å². The minimum atomic E-state index is 0.626. The van der Waals surface area contributed by atoms with Crippen LogP contribution in [0.15, 0.2) is 24.3 Å². The van der Waals surface area contributed by atoms with E-state index in [-0.39, 0.29) is 0 Å². The molecule has 0 unspecified atom stereocenters. The summed E-state index contributed by atoms with van der Waals surface area (Å²) in [5, 5.41) is 0. The maximum absolute atomic E-state index is 5.72. The first-order valence-corrected chi connectivity index (χ1v) is 5.65. The van der Waals surface area contributed by atoms with Gasteiger partial charge in [-0.15, -0.1) is 6.42 Å². The van der Waals surface area contributed by atoms with Gasteiger partial charge in [-0.25, -0.2) is 0 Å². The van der Waals surface area contributed by atoms with Gasteiger partial charge in [0.25, 0.3) is 0 Å². The van der Waals surface area contributed by atoms with Gasteiger partial charge in [0, 0.05) is 18.8 Å². The normalized spacial score (nSPS) is 16.7. The van der Waals surface area contributed by atoms with Crippen LogP contribution >= 0.6 is 0 Å². The molecule has 2 rings (SSSR count). The average molecular weight is 216 g/mol. The van der Waals surface area contributed by atoms with Crippen molar-refractivity contribution < 1.29 is 9.47 Å². The Hall–Kier alpha value is -1.46. The fourth-order valence-corrected chi connectivity index (χ4v) is 1.77. The van der Waals surface area contributed by atoms with Gasteiger partial charge in [0.2, 0.25) is 0 Å². The molecule has 1 aromatic carbocycles. The standard InChI is InChI=1S/C14H16O2/c1-2-12-3-5-14(6-4-12)16-11-13-7-9-15-10-8-13/h1,3-6,13H,7-11H2. The molecule has 1 aliphatic heterocycles. The largest absolute Gasteiger partial charge is 0.493 e. The third-order valence-electron chi connectivity index (χ3n) is 2.85. The number of benzene rings is 1. The molecule has 0 radical (unpaired) electrons. The molecular weight excluding hydrogens is 200 g/mol. The SMILES string of the molecule is C#Cc1ccc(OCC2CCOCC2)cc1. The van der Waals surface area contributed by atoms with Crippen LogP contribution in [0.2, 0.25) is 0 Å². The molecule has 2 nitrogen and oxygen atoms in total. The van der Waals surface area contributed by atoms with Crippen LogP contribution in [0.25, 0.3) is 0 Å². The van der Waals surface area contributed by atoms with E-state index < -0.39 is 0 Å². The maximum Gasteiger partial charge on any atom is 0.119 e. The van der Waals surface area contributed by atoms with Crippen LogP contribution in [-0.2, 0) is 4.74 Å². The van der Waals surface area contributed by atoms with E-state index in [1.807, 2.05) is 24.3 Å². The average Bonchev–Trinajstić information content (AvgIpc) is 2.38. The molecule has 84 valence electrons. The lowest BCUT2D eigenvalue weighted by atomic mass is 10.0. The molecule has 1 fully saturated rings. The van der Waals surface area contributed by atoms with Crippen LogP contribution in [0.5, 0.6) is 5.75 Å². The number of ether oxygens (including phenoxy) is 2. The van der Waals surface area contributed by atoms with Crippen LogP contribution in [0.1, 0.15) is 18.4 Å². The molecule has 0 saturated carbocycles. The van der Waals surface area contributed by atoms with E-state index >= 15 is 0 Å². The molecule has 0 atom stereocenters. The van der Waals surface area contributed by atoms with Crippen molar-refractivity contribution in [3.63, 3.8) is 0 Å². The van der Waals surface area contributed by atoms with Gasteiger partial charge in [-0.2, -0.15) is 0 Å². The summed E-state index contributed by atoms with van der Waals surface area (Å²) in [6.07, 6.45) is 7.49. The van der Waals surface area contributed by atoms with Crippen LogP contribution in [0.3, 0.4) is 0 Å². The van der Waals surface area contributed by atoms with E-state index in [1.54, 1.807) is 0 Å². The number of terminal acetylenes is 1. The fraction of sp³-hybridized carbons (Fsp3) is 0.429. The Kier molecular flexibility index (Phi) is 3.85. The lowest BCUT2D eigenvalue weighted by molar-refractivity contribution is 0.0497. The van der Waals surface area contributed by atoms with Gasteiger partial charge in [-0.1, -0.05) is 5.92 Å². The van der Waals surface area contributed by atoms with Gasteiger partial charge in [0.05, 0.1) is 6.61 Å². The summed E-state index contributed by atoms with van der Waals surface area (Å²) < 4.78 is 11.0. The molecule has 2 heteroatoms. The monoisotopic (exact) mass is 216 g/mol. The predicted molar refractivity (Wildman–Crippen MR) is 63.4 cm³/mol. The third-order valence-corrected chi connectivity index (χ3v) is 2.85. The Bertz CT molecular complexity index is 355. The van der Waals surface area contributed by atoms with E-state index in [0.29, 0.717) is 5.92 Å². The molecule has 1 saturated heterocycles. The summed E-state index contributed by atoms with van der Waals surface area (Å²) >= 11 is 0. The van der Waals surface area contributed by atoms with Crippen molar-refractivity contribution in [3.05, 3.63) is 29.8 Å². The second-order valence-corrected chi connectivity index (χ2v) is 4.04. The van der Waals surface area contributed by atoms with E-state index in [0.717, 1.165) is 44.0 Å². The van der Waals surface area contributed by atoms with E-state index in [9.17, 15) is 0 Å². The highest BCUT2D eigenvalue weighted by molar-refractivity contribution is 5.36. The number of hydrogen-bond acceptors (Lipinski definition) is 2. The van der Waals surface area contributed by atoms with Crippen molar-refractivity contribution in [2.75, 3.05) is 19.8 Å².